The monoisotopic (exact) mass is 200 g/mol. The lowest BCUT2D eigenvalue weighted by atomic mass is 10.2. The maximum atomic E-state index is 10.6. The molecule has 0 amide bonds. The maximum Gasteiger partial charge on any atom is 0.317 e. The Hall–Kier alpha value is -0.610. The van der Waals surface area contributed by atoms with Crippen LogP contribution in [0.1, 0.15) is 19.3 Å². The second-order valence-corrected chi connectivity index (χ2v) is 4.03. The van der Waals surface area contributed by atoms with E-state index in [2.05, 4.69) is 11.9 Å². The highest BCUT2D eigenvalue weighted by atomic mass is 16.4. The molecule has 1 N–H and O–H groups in total. The van der Waals surface area contributed by atoms with E-state index in [4.69, 9.17) is 5.11 Å². The van der Waals surface area contributed by atoms with Gasteiger partial charge in [0.15, 0.2) is 0 Å². The highest BCUT2D eigenvalue weighted by Gasteiger charge is 2.11. The molecule has 0 radical (unpaired) electrons. The van der Waals surface area contributed by atoms with Gasteiger partial charge in [-0.2, -0.15) is 0 Å². The van der Waals surface area contributed by atoms with E-state index in [0.29, 0.717) is 0 Å². The van der Waals surface area contributed by atoms with Crippen LogP contribution in [0, 0.1) is 0 Å². The fourth-order valence-electron chi connectivity index (χ4n) is 1.78. The molecule has 0 spiro atoms. The summed E-state index contributed by atoms with van der Waals surface area (Å²) in [5.74, 6) is -0.716. The zero-order chi connectivity index (χ0) is 10.4. The Kier molecular flexibility index (Phi) is 4.90. The van der Waals surface area contributed by atoms with Crippen LogP contribution in [0.15, 0.2) is 0 Å². The van der Waals surface area contributed by atoms with E-state index < -0.39 is 5.97 Å². The van der Waals surface area contributed by atoms with Gasteiger partial charge in [0.2, 0.25) is 0 Å². The number of likely N-dealkylation sites (N-methyl/N-ethyl adjacent to an activating group) is 1. The topological polar surface area (TPSA) is 43.8 Å². The minimum Gasteiger partial charge on any atom is -0.480 e. The first-order chi connectivity index (χ1) is 6.68. The molecule has 0 aromatic rings. The molecule has 4 heteroatoms. The molecule has 1 aliphatic heterocycles. The normalized spacial score (nSPS) is 22.4. The summed E-state index contributed by atoms with van der Waals surface area (Å²) in [6, 6.07) is 0. The van der Waals surface area contributed by atoms with Gasteiger partial charge < -0.3 is 10.0 Å². The highest BCUT2D eigenvalue weighted by Crippen LogP contribution is 2.03. The molecule has 0 aromatic heterocycles. The summed E-state index contributed by atoms with van der Waals surface area (Å²) in [6.45, 7) is 4.12. The largest absolute Gasteiger partial charge is 0.480 e. The minimum absolute atomic E-state index is 0.188. The summed E-state index contributed by atoms with van der Waals surface area (Å²) in [6.07, 6.45) is 3.57. The first-order valence-corrected chi connectivity index (χ1v) is 5.31. The van der Waals surface area contributed by atoms with Gasteiger partial charge in [-0.05, 0) is 33.0 Å². The van der Waals surface area contributed by atoms with Gasteiger partial charge >= 0.3 is 5.97 Å². The van der Waals surface area contributed by atoms with Gasteiger partial charge in [0, 0.05) is 13.1 Å². The van der Waals surface area contributed by atoms with Crippen LogP contribution in [-0.4, -0.2) is 60.6 Å². The third-order valence-corrected chi connectivity index (χ3v) is 2.67. The maximum absolute atomic E-state index is 10.6. The Labute approximate surface area is 85.5 Å². The molecule has 0 aliphatic carbocycles. The lowest BCUT2D eigenvalue weighted by Crippen LogP contribution is -2.36. The van der Waals surface area contributed by atoms with Gasteiger partial charge in [0.05, 0.1) is 6.54 Å². The first kappa shape index (κ1) is 11.5. The van der Waals surface area contributed by atoms with Gasteiger partial charge in [0.25, 0.3) is 0 Å². The van der Waals surface area contributed by atoms with Crippen molar-refractivity contribution in [2.24, 2.45) is 0 Å². The number of carboxylic acid groups (broad SMARTS) is 1. The van der Waals surface area contributed by atoms with Crippen molar-refractivity contribution < 1.29 is 9.90 Å². The number of carbonyl (C=O) groups is 1. The van der Waals surface area contributed by atoms with Crippen LogP contribution >= 0.6 is 0 Å². The Morgan fingerprint density at radius 3 is 2.57 bits per heavy atom. The predicted molar refractivity (Wildman–Crippen MR) is 55.4 cm³/mol. The Balaban J connectivity index is 2.36. The quantitative estimate of drug-likeness (QED) is 0.704. The molecule has 1 heterocycles. The van der Waals surface area contributed by atoms with Crippen molar-refractivity contribution in [1.29, 1.82) is 0 Å². The standard InChI is InChI=1S/C10H20N2O2/c1-11-5-3-2-4-6-12(8-7-11)9-10(13)14/h2-9H2,1H3,(H,13,14). The van der Waals surface area contributed by atoms with Gasteiger partial charge in [-0.3, -0.25) is 9.69 Å². The molecule has 0 unspecified atom stereocenters. The van der Waals surface area contributed by atoms with Gasteiger partial charge in [-0.25, -0.2) is 0 Å². The first-order valence-electron chi connectivity index (χ1n) is 5.31. The molecule has 14 heavy (non-hydrogen) atoms. The molecule has 0 bridgehead atoms. The predicted octanol–water partition coefficient (Wildman–Crippen LogP) is 0.489. The summed E-state index contributed by atoms with van der Waals surface area (Å²) in [5.41, 5.74) is 0. The van der Waals surface area contributed by atoms with E-state index in [1.54, 1.807) is 0 Å². The van der Waals surface area contributed by atoms with Crippen LogP contribution in [0.25, 0.3) is 0 Å². The SMILES string of the molecule is CN1CCCCCN(CC(=O)O)CC1. The number of aliphatic carboxylic acids is 1. The number of nitrogens with zero attached hydrogens (tertiary/aromatic N) is 2. The van der Waals surface area contributed by atoms with Crippen molar-refractivity contribution in [2.75, 3.05) is 39.8 Å². The second-order valence-electron chi connectivity index (χ2n) is 4.03. The molecule has 1 aliphatic rings. The molecule has 82 valence electrons. The zero-order valence-corrected chi connectivity index (χ0v) is 8.91. The molecular formula is C10H20N2O2. The Morgan fingerprint density at radius 1 is 1.14 bits per heavy atom. The molecule has 1 fully saturated rings. The Morgan fingerprint density at radius 2 is 1.86 bits per heavy atom. The average molecular weight is 200 g/mol. The van der Waals surface area contributed by atoms with Crippen molar-refractivity contribution in [1.82, 2.24) is 9.80 Å². The van der Waals surface area contributed by atoms with Gasteiger partial charge in [-0.1, -0.05) is 6.42 Å². The van der Waals surface area contributed by atoms with E-state index in [9.17, 15) is 4.79 Å². The summed E-state index contributed by atoms with van der Waals surface area (Å²) < 4.78 is 0. The molecule has 0 atom stereocenters. The number of rotatable bonds is 2. The fourth-order valence-corrected chi connectivity index (χ4v) is 1.78. The molecular weight excluding hydrogens is 180 g/mol. The van der Waals surface area contributed by atoms with Crippen LogP contribution in [0.3, 0.4) is 0 Å². The third-order valence-electron chi connectivity index (χ3n) is 2.67. The minimum atomic E-state index is -0.716. The van der Waals surface area contributed by atoms with Crippen molar-refractivity contribution in [3.8, 4) is 0 Å². The van der Waals surface area contributed by atoms with Crippen LogP contribution < -0.4 is 0 Å². The molecule has 0 aromatic carbocycles. The average Bonchev–Trinajstić information content (AvgIpc) is 2.19. The molecule has 1 rings (SSSR count). The van der Waals surface area contributed by atoms with Gasteiger partial charge in [0.1, 0.15) is 0 Å². The van der Waals surface area contributed by atoms with E-state index in [-0.39, 0.29) is 6.54 Å². The summed E-state index contributed by atoms with van der Waals surface area (Å²) in [4.78, 5) is 14.9. The van der Waals surface area contributed by atoms with Crippen LogP contribution in [0.4, 0.5) is 0 Å². The lowest BCUT2D eigenvalue weighted by molar-refractivity contribution is -0.138. The van der Waals surface area contributed by atoms with Crippen LogP contribution in [0.5, 0.6) is 0 Å². The lowest BCUT2D eigenvalue weighted by Gasteiger charge is -2.21. The molecule has 0 saturated carbocycles. The van der Waals surface area contributed by atoms with Crippen molar-refractivity contribution in [2.45, 2.75) is 19.3 Å². The smallest absolute Gasteiger partial charge is 0.317 e. The zero-order valence-electron chi connectivity index (χ0n) is 8.91. The second kappa shape index (κ2) is 5.98. The van der Waals surface area contributed by atoms with Gasteiger partial charge in [-0.15, -0.1) is 0 Å². The van der Waals surface area contributed by atoms with E-state index in [0.717, 1.165) is 32.6 Å². The van der Waals surface area contributed by atoms with E-state index in [1.807, 2.05) is 4.90 Å². The fraction of sp³-hybridized carbons (Fsp3) is 0.900. The third kappa shape index (κ3) is 4.58. The summed E-state index contributed by atoms with van der Waals surface area (Å²) in [7, 11) is 2.10. The summed E-state index contributed by atoms with van der Waals surface area (Å²) in [5, 5.41) is 8.71. The Bertz CT molecular complexity index is 185. The van der Waals surface area contributed by atoms with E-state index in [1.165, 1.54) is 12.8 Å². The number of carboxylic acids is 1. The molecule has 1 saturated heterocycles. The molecule has 4 nitrogen and oxygen atoms in total. The van der Waals surface area contributed by atoms with Crippen molar-refractivity contribution in [3.05, 3.63) is 0 Å². The number of hydrogen-bond donors (Lipinski definition) is 1. The van der Waals surface area contributed by atoms with Crippen LogP contribution in [-0.2, 0) is 4.79 Å². The van der Waals surface area contributed by atoms with Crippen molar-refractivity contribution >= 4 is 5.97 Å². The summed E-state index contributed by atoms with van der Waals surface area (Å²) >= 11 is 0. The van der Waals surface area contributed by atoms with Crippen molar-refractivity contribution in [3.63, 3.8) is 0 Å². The van der Waals surface area contributed by atoms with Crippen LogP contribution in [0.2, 0.25) is 0 Å². The van der Waals surface area contributed by atoms with E-state index >= 15 is 0 Å². The highest BCUT2D eigenvalue weighted by molar-refractivity contribution is 5.69. The number of hydrogen-bond acceptors (Lipinski definition) is 3.